The molecular formula is C6H5Cl4OZr. The zero-order valence-corrected chi connectivity index (χ0v) is 11.3. The van der Waals surface area contributed by atoms with E-state index in [2.05, 4.69) is 0 Å². The van der Waals surface area contributed by atoms with Crippen LogP contribution < -0.4 is 2.81 Å². The van der Waals surface area contributed by atoms with E-state index >= 15 is 0 Å². The van der Waals surface area contributed by atoms with Crippen LogP contribution in [0.4, 0.5) is 0 Å². The van der Waals surface area contributed by atoms with E-state index in [9.17, 15) is 0 Å². The van der Waals surface area contributed by atoms with Crippen molar-refractivity contribution in [2.45, 2.75) is 0 Å². The predicted octanol–water partition coefficient (Wildman–Crippen LogP) is 3.68. The average molecular weight is 326 g/mol. The maximum absolute atomic E-state index is 5.75. The van der Waals surface area contributed by atoms with Crippen molar-refractivity contribution in [3.63, 3.8) is 0 Å². The molecule has 0 spiro atoms. The van der Waals surface area contributed by atoms with Gasteiger partial charge in [0.15, 0.2) is 0 Å². The van der Waals surface area contributed by atoms with E-state index in [0.717, 1.165) is 25.2 Å². The minimum atomic E-state index is 0. The molecule has 1 nitrogen and oxygen atoms in total. The van der Waals surface area contributed by atoms with Gasteiger partial charge in [0.2, 0.25) is 0 Å². The van der Waals surface area contributed by atoms with Gasteiger partial charge in [0.25, 0.3) is 0 Å². The summed E-state index contributed by atoms with van der Waals surface area (Å²) >= 11 is 12.4. The SMILES string of the molecule is Cl.Cl.Clc1cccc([O][Zr])c1Cl. The van der Waals surface area contributed by atoms with Crippen LogP contribution in [0.2, 0.25) is 10.0 Å². The second-order valence-corrected chi connectivity index (χ2v) is 2.94. The Morgan fingerprint density at radius 3 is 2.17 bits per heavy atom. The molecule has 0 amide bonds. The fraction of sp³-hybridized carbons (Fsp3) is 0. The van der Waals surface area contributed by atoms with Crippen LogP contribution in [0, 0.1) is 0 Å². The molecule has 67 valence electrons. The molecule has 1 aromatic rings. The molecule has 0 N–H and O–H groups in total. The van der Waals surface area contributed by atoms with Crippen molar-refractivity contribution in [2.75, 3.05) is 0 Å². The molecule has 0 radical (unpaired) electrons. The van der Waals surface area contributed by atoms with Crippen LogP contribution in [-0.2, 0) is 25.2 Å². The van der Waals surface area contributed by atoms with Gasteiger partial charge in [-0.15, -0.1) is 24.8 Å². The number of hydrogen-bond acceptors (Lipinski definition) is 1. The molecule has 0 atom stereocenters. The number of benzene rings is 1. The molecule has 0 bridgehead atoms. The Bertz CT molecular complexity index is 243. The van der Waals surface area contributed by atoms with E-state index in [0.29, 0.717) is 15.8 Å². The van der Waals surface area contributed by atoms with E-state index in [1.165, 1.54) is 0 Å². The maximum atomic E-state index is 5.75. The third-order valence-corrected chi connectivity index (χ3v) is 2.37. The number of hydrogen-bond donors (Lipinski definition) is 0. The van der Waals surface area contributed by atoms with E-state index in [4.69, 9.17) is 26.0 Å². The van der Waals surface area contributed by atoms with Crippen LogP contribution >= 0.6 is 48.0 Å². The molecule has 0 fully saturated rings. The van der Waals surface area contributed by atoms with E-state index in [1.54, 1.807) is 18.2 Å². The fourth-order valence-electron chi connectivity index (χ4n) is 0.563. The first-order valence-electron chi connectivity index (χ1n) is 2.53. The molecule has 12 heavy (non-hydrogen) atoms. The van der Waals surface area contributed by atoms with E-state index in [-0.39, 0.29) is 24.8 Å². The zero-order valence-electron chi connectivity index (χ0n) is 5.71. The van der Waals surface area contributed by atoms with Crippen molar-refractivity contribution in [2.24, 2.45) is 0 Å². The zero-order chi connectivity index (χ0) is 7.56. The molecule has 6 heteroatoms. The van der Waals surface area contributed by atoms with Gasteiger partial charge in [0.05, 0.1) is 0 Å². The second-order valence-electron chi connectivity index (χ2n) is 1.65. The summed E-state index contributed by atoms with van der Waals surface area (Å²) in [5.41, 5.74) is 0. The fourth-order valence-corrected chi connectivity index (χ4v) is 1.47. The van der Waals surface area contributed by atoms with E-state index in [1.807, 2.05) is 0 Å². The Hall–Kier alpha value is 1.06. The first kappa shape index (κ1) is 15.5. The van der Waals surface area contributed by atoms with Gasteiger partial charge in [-0.05, 0) is 0 Å². The Morgan fingerprint density at radius 2 is 1.75 bits per heavy atom. The number of rotatable bonds is 1. The Balaban J connectivity index is 0. The summed E-state index contributed by atoms with van der Waals surface area (Å²) in [5, 5.41) is 1.02. The first-order valence-corrected chi connectivity index (χ1v) is 4.29. The Kier molecular flexibility index (Phi) is 9.66. The standard InChI is InChI=1S/C6H4Cl2O.2ClH.Zr/c7-4-2-1-3-5(9)6(4)8;;;/h1-3,9H;2*1H;/q;;;+1/p-1. The van der Waals surface area contributed by atoms with Gasteiger partial charge >= 0.3 is 85.2 Å². The van der Waals surface area contributed by atoms with Crippen LogP contribution in [0.3, 0.4) is 0 Å². The van der Waals surface area contributed by atoms with Crippen molar-refractivity contribution in [1.82, 2.24) is 0 Å². The quantitative estimate of drug-likeness (QED) is 0.765. The normalized spacial score (nSPS) is 7.75. The summed E-state index contributed by atoms with van der Waals surface area (Å²) in [6, 6.07) is 5.30. The van der Waals surface area contributed by atoms with Crippen LogP contribution in [0.25, 0.3) is 0 Å². The molecule has 1 rings (SSSR count). The van der Waals surface area contributed by atoms with Gasteiger partial charge in [-0.3, -0.25) is 0 Å². The topological polar surface area (TPSA) is 9.23 Å². The molecule has 0 aliphatic rings. The summed E-state index contributed by atoms with van der Waals surface area (Å²) in [7, 11) is 0. The molecule has 0 heterocycles. The van der Waals surface area contributed by atoms with Crippen molar-refractivity contribution >= 4 is 48.0 Å². The van der Waals surface area contributed by atoms with Crippen LogP contribution in [0.15, 0.2) is 18.2 Å². The molecule has 0 saturated heterocycles. The van der Waals surface area contributed by atoms with Gasteiger partial charge in [-0.2, -0.15) is 0 Å². The van der Waals surface area contributed by atoms with Gasteiger partial charge in [-0.1, -0.05) is 0 Å². The van der Waals surface area contributed by atoms with Gasteiger partial charge in [0, 0.05) is 0 Å². The average Bonchev–Trinajstić information content (AvgIpc) is 1.95. The minimum absolute atomic E-state index is 0. The van der Waals surface area contributed by atoms with Crippen molar-refractivity contribution < 1.29 is 28.0 Å². The summed E-state index contributed by atoms with van der Waals surface area (Å²) in [6.45, 7) is 0. The third kappa shape index (κ3) is 3.85. The summed E-state index contributed by atoms with van der Waals surface area (Å²) in [4.78, 5) is 0. The molecule has 1 aromatic carbocycles. The van der Waals surface area contributed by atoms with Gasteiger partial charge < -0.3 is 0 Å². The molecule has 0 saturated carbocycles. The summed E-state index contributed by atoms with van der Waals surface area (Å²) < 4.78 is 5.00. The first-order chi connectivity index (χ1) is 4.75. The second kappa shape index (κ2) is 7.47. The van der Waals surface area contributed by atoms with Gasteiger partial charge in [-0.25, -0.2) is 0 Å². The van der Waals surface area contributed by atoms with E-state index < -0.39 is 0 Å². The summed E-state index contributed by atoms with van der Waals surface area (Å²) in [6.07, 6.45) is 0. The monoisotopic (exact) mass is 323 g/mol. The molecule has 0 aliphatic heterocycles. The predicted molar refractivity (Wildman–Crippen MR) is 51.6 cm³/mol. The Labute approximate surface area is 109 Å². The molecular weight excluding hydrogens is 321 g/mol. The third-order valence-electron chi connectivity index (χ3n) is 1.03. The van der Waals surface area contributed by atoms with Crippen molar-refractivity contribution in [1.29, 1.82) is 0 Å². The van der Waals surface area contributed by atoms with Crippen molar-refractivity contribution in [3.8, 4) is 5.75 Å². The van der Waals surface area contributed by atoms with Crippen LogP contribution in [0.5, 0.6) is 5.75 Å². The number of halogens is 4. The molecule has 0 aromatic heterocycles. The van der Waals surface area contributed by atoms with Gasteiger partial charge in [0.1, 0.15) is 0 Å². The molecule has 0 aliphatic carbocycles. The van der Waals surface area contributed by atoms with Crippen molar-refractivity contribution in [3.05, 3.63) is 28.2 Å². The van der Waals surface area contributed by atoms with Crippen LogP contribution in [-0.4, -0.2) is 0 Å². The Morgan fingerprint density at radius 1 is 1.17 bits per heavy atom. The summed E-state index contributed by atoms with van der Waals surface area (Å²) in [5.74, 6) is 0.646. The molecule has 0 unspecified atom stereocenters. The van der Waals surface area contributed by atoms with Crippen LogP contribution in [0.1, 0.15) is 0 Å².